The Balaban J connectivity index is 1.69. The fourth-order valence-electron chi connectivity index (χ4n) is 3.94. The predicted molar refractivity (Wildman–Crippen MR) is 145 cm³/mol. The molecule has 38 heavy (non-hydrogen) atoms. The fraction of sp³-hybridized carbons (Fsp3) is 0.385. The molecule has 1 amide bonds. The molecule has 4 N–H and O–H groups in total. The number of halogens is 2. The lowest BCUT2D eigenvalue weighted by atomic mass is 10.00. The van der Waals surface area contributed by atoms with Crippen LogP contribution in [0.25, 0.3) is 0 Å². The Morgan fingerprint density at radius 1 is 1.11 bits per heavy atom. The highest BCUT2D eigenvalue weighted by Crippen LogP contribution is 2.23. The van der Waals surface area contributed by atoms with Crippen LogP contribution in [0, 0.1) is 18.6 Å². The maximum atomic E-state index is 13.8. The van der Waals surface area contributed by atoms with E-state index in [1.54, 1.807) is 6.92 Å². The summed E-state index contributed by atoms with van der Waals surface area (Å²) in [6.45, 7) is 4.40. The SMILES string of the molecule is CCc1cccc(CNC[C@@H](O)[C@H](Cc2cc(F)cc(F)c2)NC(=O)Cc2nc(NS(C)(=O)=O)sc2C)c1. The van der Waals surface area contributed by atoms with Crippen LogP contribution in [-0.2, 0) is 40.6 Å². The zero-order valence-electron chi connectivity index (χ0n) is 21.4. The van der Waals surface area contributed by atoms with Crippen LogP contribution in [0.15, 0.2) is 42.5 Å². The predicted octanol–water partition coefficient (Wildman–Crippen LogP) is 3.08. The molecule has 0 saturated carbocycles. The van der Waals surface area contributed by atoms with Crippen LogP contribution in [0.1, 0.15) is 34.2 Å². The molecule has 1 aromatic heterocycles. The van der Waals surface area contributed by atoms with E-state index in [1.807, 2.05) is 18.2 Å². The molecule has 0 bridgehead atoms. The first-order valence-electron chi connectivity index (χ1n) is 12.1. The molecule has 2 aromatic carbocycles. The molecular weight excluding hydrogens is 534 g/mol. The van der Waals surface area contributed by atoms with Crippen molar-refractivity contribution in [3.05, 3.63) is 81.4 Å². The van der Waals surface area contributed by atoms with Crippen LogP contribution >= 0.6 is 11.3 Å². The van der Waals surface area contributed by atoms with Crippen LogP contribution in [-0.4, -0.2) is 49.4 Å². The molecule has 0 spiro atoms. The molecule has 0 unspecified atom stereocenters. The highest BCUT2D eigenvalue weighted by Gasteiger charge is 2.24. The molecule has 1 heterocycles. The maximum absolute atomic E-state index is 13.8. The van der Waals surface area contributed by atoms with Gasteiger partial charge in [-0.3, -0.25) is 9.52 Å². The Kier molecular flexibility index (Phi) is 10.3. The van der Waals surface area contributed by atoms with Crippen LogP contribution in [0.5, 0.6) is 0 Å². The first-order chi connectivity index (χ1) is 17.9. The van der Waals surface area contributed by atoms with Gasteiger partial charge in [0.25, 0.3) is 0 Å². The maximum Gasteiger partial charge on any atom is 0.231 e. The summed E-state index contributed by atoms with van der Waals surface area (Å²) in [5, 5.41) is 17.0. The summed E-state index contributed by atoms with van der Waals surface area (Å²) in [6, 6.07) is 10.3. The van der Waals surface area contributed by atoms with Gasteiger partial charge in [-0.1, -0.05) is 31.2 Å². The van der Waals surface area contributed by atoms with Gasteiger partial charge in [-0.05, 0) is 48.6 Å². The van der Waals surface area contributed by atoms with Crippen molar-refractivity contribution in [2.24, 2.45) is 0 Å². The molecule has 0 saturated heterocycles. The number of benzene rings is 2. The second-order valence-electron chi connectivity index (χ2n) is 9.10. The Bertz CT molecular complexity index is 1340. The molecule has 0 aliphatic carbocycles. The number of hydrogen-bond acceptors (Lipinski definition) is 7. The van der Waals surface area contributed by atoms with Crippen molar-refractivity contribution in [1.82, 2.24) is 15.6 Å². The highest BCUT2D eigenvalue weighted by atomic mass is 32.2. The molecule has 3 rings (SSSR count). The molecular formula is C26H32F2N4O4S2. The minimum absolute atomic E-state index is 0.00841. The van der Waals surface area contributed by atoms with Gasteiger partial charge in [0.05, 0.1) is 30.5 Å². The lowest BCUT2D eigenvalue weighted by Crippen LogP contribution is -2.49. The third-order valence-corrected chi connectivity index (χ3v) is 7.39. The van der Waals surface area contributed by atoms with Gasteiger partial charge in [0.1, 0.15) is 11.6 Å². The number of aliphatic hydroxyl groups excluding tert-OH is 1. The van der Waals surface area contributed by atoms with E-state index in [2.05, 4.69) is 33.3 Å². The van der Waals surface area contributed by atoms with E-state index in [1.165, 1.54) is 5.56 Å². The number of rotatable bonds is 13. The number of thiazole rings is 1. The number of nitrogens with one attached hydrogen (secondary N) is 3. The second kappa shape index (κ2) is 13.2. The van der Waals surface area contributed by atoms with Gasteiger partial charge < -0.3 is 15.7 Å². The van der Waals surface area contributed by atoms with Gasteiger partial charge in [-0.2, -0.15) is 0 Å². The first-order valence-corrected chi connectivity index (χ1v) is 14.8. The standard InChI is InChI=1S/C26H32F2N4O4S2/c1-4-17-6-5-7-18(8-17)14-29-15-24(33)23(11-19-9-20(27)12-21(28)10-19)30-25(34)13-22-16(2)37-26(31-22)32-38(3,35)36/h5-10,12,23-24,29,33H,4,11,13-15H2,1-3H3,(H,30,34)(H,31,32)/t23-,24+/m0/s1. The molecule has 206 valence electrons. The van der Waals surface area contributed by atoms with E-state index in [0.717, 1.165) is 47.8 Å². The lowest BCUT2D eigenvalue weighted by Gasteiger charge is -2.25. The minimum Gasteiger partial charge on any atom is -0.390 e. The van der Waals surface area contributed by atoms with E-state index in [-0.39, 0.29) is 30.1 Å². The van der Waals surface area contributed by atoms with Crippen molar-refractivity contribution < 1.29 is 27.1 Å². The Morgan fingerprint density at radius 2 is 1.79 bits per heavy atom. The van der Waals surface area contributed by atoms with E-state index < -0.39 is 39.7 Å². The number of carbonyl (C=O) groups is 1. The number of aromatic nitrogens is 1. The average Bonchev–Trinajstić information content (AvgIpc) is 3.14. The highest BCUT2D eigenvalue weighted by molar-refractivity contribution is 7.92. The number of aliphatic hydroxyl groups is 1. The summed E-state index contributed by atoms with van der Waals surface area (Å²) in [7, 11) is -3.52. The minimum atomic E-state index is -3.52. The van der Waals surface area contributed by atoms with E-state index in [0.29, 0.717) is 17.1 Å². The number of aryl methyl sites for hydroxylation is 2. The van der Waals surface area contributed by atoms with Crippen LogP contribution in [0.2, 0.25) is 0 Å². The summed E-state index contributed by atoms with van der Waals surface area (Å²) >= 11 is 1.10. The third-order valence-electron chi connectivity index (χ3n) is 5.76. The van der Waals surface area contributed by atoms with Crippen molar-refractivity contribution in [2.75, 3.05) is 17.5 Å². The molecule has 8 nitrogen and oxygen atoms in total. The van der Waals surface area contributed by atoms with E-state index in [9.17, 15) is 27.1 Å². The van der Waals surface area contributed by atoms with Gasteiger partial charge in [0.2, 0.25) is 15.9 Å². The molecule has 3 aromatic rings. The number of amides is 1. The van der Waals surface area contributed by atoms with Crippen LogP contribution < -0.4 is 15.4 Å². The van der Waals surface area contributed by atoms with Crippen molar-refractivity contribution in [2.45, 2.75) is 51.8 Å². The van der Waals surface area contributed by atoms with E-state index >= 15 is 0 Å². The zero-order chi connectivity index (χ0) is 27.9. The fourth-order valence-corrected chi connectivity index (χ4v) is 5.60. The summed E-state index contributed by atoms with van der Waals surface area (Å²) in [4.78, 5) is 17.7. The normalized spacial score (nSPS) is 13.2. The summed E-state index contributed by atoms with van der Waals surface area (Å²) in [5.41, 5.74) is 2.90. The molecule has 0 aliphatic rings. The number of nitrogens with zero attached hydrogens (tertiary/aromatic N) is 1. The van der Waals surface area contributed by atoms with Gasteiger partial charge in [0.15, 0.2) is 5.13 Å². The Morgan fingerprint density at radius 3 is 2.45 bits per heavy atom. The van der Waals surface area contributed by atoms with Gasteiger partial charge in [-0.25, -0.2) is 22.2 Å². The second-order valence-corrected chi connectivity index (χ2v) is 12.1. The molecule has 2 atom stereocenters. The Labute approximate surface area is 225 Å². The average molecular weight is 567 g/mol. The summed E-state index contributed by atoms with van der Waals surface area (Å²) in [5.74, 6) is -1.98. The number of anilines is 1. The van der Waals surface area contributed by atoms with Crippen molar-refractivity contribution >= 4 is 32.4 Å². The third kappa shape index (κ3) is 9.43. The summed E-state index contributed by atoms with van der Waals surface area (Å²) < 4.78 is 52.8. The number of carbonyl (C=O) groups excluding carboxylic acids is 1. The van der Waals surface area contributed by atoms with Crippen molar-refractivity contribution in [1.29, 1.82) is 0 Å². The molecule has 0 radical (unpaired) electrons. The van der Waals surface area contributed by atoms with Gasteiger partial charge in [0, 0.05) is 24.0 Å². The van der Waals surface area contributed by atoms with E-state index in [4.69, 9.17) is 0 Å². The molecule has 0 aliphatic heterocycles. The number of hydrogen-bond donors (Lipinski definition) is 4. The largest absolute Gasteiger partial charge is 0.390 e. The summed E-state index contributed by atoms with van der Waals surface area (Å²) in [6.07, 6.45) is 0.668. The quantitative estimate of drug-likeness (QED) is 0.252. The molecule has 0 fully saturated rings. The van der Waals surface area contributed by atoms with Crippen LogP contribution in [0.3, 0.4) is 0 Å². The zero-order valence-corrected chi connectivity index (χ0v) is 23.1. The first kappa shape index (κ1) is 29.6. The van der Waals surface area contributed by atoms with Gasteiger partial charge >= 0.3 is 0 Å². The lowest BCUT2D eigenvalue weighted by molar-refractivity contribution is -0.122. The van der Waals surface area contributed by atoms with Gasteiger partial charge in [-0.15, -0.1) is 11.3 Å². The van der Waals surface area contributed by atoms with Crippen molar-refractivity contribution in [3.63, 3.8) is 0 Å². The number of sulfonamides is 1. The molecule has 12 heteroatoms. The van der Waals surface area contributed by atoms with Crippen LogP contribution in [0.4, 0.5) is 13.9 Å². The smallest absolute Gasteiger partial charge is 0.231 e. The van der Waals surface area contributed by atoms with Crippen molar-refractivity contribution in [3.8, 4) is 0 Å². The monoisotopic (exact) mass is 566 g/mol. The topological polar surface area (TPSA) is 120 Å². The Hall–Kier alpha value is -2.93.